The summed E-state index contributed by atoms with van der Waals surface area (Å²) in [5.41, 5.74) is 4.43. The van der Waals surface area contributed by atoms with E-state index < -0.39 is 5.97 Å². The Kier molecular flexibility index (Phi) is 7.12. The molecular formula is C33H29N3O5. The van der Waals surface area contributed by atoms with Crippen molar-refractivity contribution in [1.82, 2.24) is 4.98 Å². The predicted octanol–water partition coefficient (Wildman–Crippen LogP) is 6.66. The van der Waals surface area contributed by atoms with E-state index in [0.717, 1.165) is 47.4 Å². The van der Waals surface area contributed by atoms with Crippen molar-refractivity contribution in [2.45, 2.75) is 13.3 Å². The van der Waals surface area contributed by atoms with E-state index in [1.165, 1.54) is 0 Å². The number of carboxylic acids is 1. The highest BCUT2D eigenvalue weighted by atomic mass is 16.5. The molecule has 1 amide bonds. The van der Waals surface area contributed by atoms with Crippen molar-refractivity contribution >= 4 is 34.4 Å². The molecule has 0 saturated carbocycles. The average Bonchev–Trinajstić information content (AvgIpc) is 3.61. The van der Waals surface area contributed by atoms with E-state index in [2.05, 4.69) is 33.4 Å². The Morgan fingerprint density at radius 3 is 2.66 bits per heavy atom. The number of carbonyl (C=O) groups excluding carboxylic acids is 1. The van der Waals surface area contributed by atoms with E-state index in [4.69, 9.17) is 14.3 Å². The van der Waals surface area contributed by atoms with Crippen LogP contribution in [0.2, 0.25) is 0 Å². The highest BCUT2D eigenvalue weighted by Crippen LogP contribution is 2.31. The quantitative estimate of drug-likeness (QED) is 0.224. The number of anilines is 2. The van der Waals surface area contributed by atoms with E-state index in [1.54, 1.807) is 30.5 Å². The normalized spacial score (nSPS) is 14.8. The predicted molar refractivity (Wildman–Crippen MR) is 158 cm³/mol. The van der Waals surface area contributed by atoms with Gasteiger partial charge >= 0.3 is 5.97 Å². The van der Waals surface area contributed by atoms with Crippen LogP contribution in [0.5, 0.6) is 5.75 Å². The lowest BCUT2D eigenvalue weighted by molar-refractivity contribution is 0.0696. The summed E-state index contributed by atoms with van der Waals surface area (Å²) in [5, 5.41) is 13.0. The van der Waals surface area contributed by atoms with E-state index in [-0.39, 0.29) is 17.2 Å². The number of carboxylic acid groups (broad SMARTS) is 1. The Morgan fingerprint density at radius 2 is 1.88 bits per heavy atom. The van der Waals surface area contributed by atoms with Crippen LogP contribution in [0.4, 0.5) is 11.5 Å². The molecule has 0 aliphatic carbocycles. The molecule has 1 atom stereocenters. The van der Waals surface area contributed by atoms with Gasteiger partial charge in [-0.2, -0.15) is 0 Å². The number of nitrogens with zero attached hydrogens (tertiary/aromatic N) is 2. The lowest BCUT2D eigenvalue weighted by Crippen LogP contribution is -2.22. The molecule has 6 rings (SSSR count). The highest BCUT2D eigenvalue weighted by Gasteiger charge is 2.24. The second kappa shape index (κ2) is 11.2. The zero-order valence-corrected chi connectivity index (χ0v) is 22.5. The van der Waals surface area contributed by atoms with E-state index in [9.17, 15) is 9.59 Å². The number of nitrogens with one attached hydrogen (secondary N) is 1. The minimum Gasteiger partial charge on any atom is -0.493 e. The van der Waals surface area contributed by atoms with Gasteiger partial charge in [0.2, 0.25) is 0 Å². The molecule has 0 radical (unpaired) electrons. The standard InChI is InChI=1S/C33H29N3O5/c1-21-28-17-24(23-6-3-2-4-7-23)10-12-29(28)41-31(21)32(37)35-26-11-13-30(34-18-26)36-15-14-22(19-36)20-40-27-9-5-8-25(16-27)33(38)39/h2-13,16-18,22H,14-15,19-20H2,1H3,(H,35,37)(H,38,39). The fourth-order valence-electron chi connectivity index (χ4n) is 5.19. The van der Waals surface area contributed by atoms with Crippen LogP contribution >= 0.6 is 0 Å². The maximum atomic E-state index is 13.1. The van der Waals surface area contributed by atoms with Crippen LogP contribution in [0.25, 0.3) is 22.1 Å². The zero-order chi connectivity index (χ0) is 28.3. The van der Waals surface area contributed by atoms with Gasteiger partial charge in [-0.05, 0) is 66.9 Å². The third-order valence-corrected chi connectivity index (χ3v) is 7.43. The van der Waals surface area contributed by atoms with Gasteiger partial charge in [0.25, 0.3) is 5.91 Å². The monoisotopic (exact) mass is 547 g/mol. The lowest BCUT2D eigenvalue weighted by Gasteiger charge is -2.18. The van der Waals surface area contributed by atoms with E-state index in [1.807, 2.05) is 49.4 Å². The Balaban J connectivity index is 1.07. The molecule has 3 aromatic carbocycles. The van der Waals surface area contributed by atoms with Crippen LogP contribution in [0, 0.1) is 12.8 Å². The third kappa shape index (κ3) is 5.63. The molecule has 2 aromatic heterocycles. The molecule has 1 aliphatic rings. The number of fused-ring (bicyclic) bond motifs is 1. The molecule has 1 unspecified atom stereocenters. The van der Waals surface area contributed by atoms with Crippen molar-refractivity contribution in [2.75, 3.05) is 29.9 Å². The van der Waals surface area contributed by atoms with Gasteiger partial charge in [-0.1, -0.05) is 42.5 Å². The SMILES string of the molecule is Cc1c(C(=O)Nc2ccc(N3CCC(COc4cccc(C(=O)O)c4)C3)nc2)oc2ccc(-c3ccccc3)cc12. The number of pyridine rings is 1. The molecule has 206 valence electrons. The first-order chi connectivity index (χ1) is 19.9. The van der Waals surface area contributed by atoms with Crippen molar-refractivity contribution in [3.05, 3.63) is 108 Å². The summed E-state index contributed by atoms with van der Waals surface area (Å²) in [6, 6.07) is 26.3. The number of benzene rings is 3. The number of amides is 1. The molecule has 8 heteroatoms. The first kappa shape index (κ1) is 26.1. The number of rotatable bonds is 8. The van der Waals surface area contributed by atoms with E-state index >= 15 is 0 Å². The minimum atomic E-state index is -0.974. The largest absolute Gasteiger partial charge is 0.493 e. The molecular weight excluding hydrogens is 518 g/mol. The van der Waals surface area contributed by atoms with Crippen LogP contribution in [0.3, 0.4) is 0 Å². The molecule has 8 nitrogen and oxygen atoms in total. The topological polar surface area (TPSA) is 105 Å². The zero-order valence-electron chi connectivity index (χ0n) is 22.5. The maximum Gasteiger partial charge on any atom is 0.335 e. The fraction of sp³-hybridized carbons (Fsp3) is 0.182. The number of aromatic carboxylic acids is 1. The van der Waals surface area contributed by atoms with Gasteiger partial charge in [0.05, 0.1) is 24.1 Å². The summed E-state index contributed by atoms with van der Waals surface area (Å²) in [6.07, 6.45) is 2.59. The van der Waals surface area contributed by atoms with Crippen LogP contribution in [-0.4, -0.2) is 41.7 Å². The maximum absolute atomic E-state index is 13.1. The number of carbonyl (C=O) groups is 2. The smallest absolute Gasteiger partial charge is 0.335 e. The molecule has 1 aliphatic heterocycles. The highest BCUT2D eigenvalue weighted by molar-refractivity contribution is 6.06. The molecule has 5 aromatic rings. The molecule has 1 fully saturated rings. The van der Waals surface area contributed by atoms with Crippen molar-refractivity contribution in [3.63, 3.8) is 0 Å². The second-order valence-corrected chi connectivity index (χ2v) is 10.2. The Hall–Kier alpha value is -5.11. The number of furan rings is 1. The molecule has 3 heterocycles. The van der Waals surface area contributed by atoms with Crippen molar-refractivity contribution < 1.29 is 23.8 Å². The van der Waals surface area contributed by atoms with Gasteiger partial charge in [0.15, 0.2) is 5.76 Å². The molecule has 0 bridgehead atoms. The number of aromatic nitrogens is 1. The summed E-state index contributed by atoms with van der Waals surface area (Å²) < 4.78 is 11.8. The van der Waals surface area contributed by atoms with Gasteiger partial charge in [0, 0.05) is 30.0 Å². The van der Waals surface area contributed by atoms with Gasteiger partial charge < -0.3 is 24.5 Å². The average molecular weight is 548 g/mol. The third-order valence-electron chi connectivity index (χ3n) is 7.43. The van der Waals surface area contributed by atoms with Crippen molar-refractivity contribution in [1.29, 1.82) is 0 Å². The molecule has 41 heavy (non-hydrogen) atoms. The van der Waals surface area contributed by atoms with Crippen molar-refractivity contribution in [3.8, 4) is 16.9 Å². The Bertz CT molecular complexity index is 1710. The first-order valence-corrected chi connectivity index (χ1v) is 13.5. The number of hydrogen-bond acceptors (Lipinski definition) is 6. The summed E-state index contributed by atoms with van der Waals surface area (Å²) in [4.78, 5) is 31.0. The molecule has 2 N–H and O–H groups in total. The lowest BCUT2D eigenvalue weighted by atomic mass is 10.0. The first-order valence-electron chi connectivity index (χ1n) is 13.5. The molecule has 1 saturated heterocycles. The Labute approximate surface area is 237 Å². The summed E-state index contributed by atoms with van der Waals surface area (Å²) >= 11 is 0. The summed E-state index contributed by atoms with van der Waals surface area (Å²) in [6.45, 7) is 4.01. The van der Waals surface area contributed by atoms with Gasteiger partial charge in [0.1, 0.15) is 17.2 Å². The summed E-state index contributed by atoms with van der Waals surface area (Å²) in [7, 11) is 0. The van der Waals surface area contributed by atoms with Gasteiger partial charge in [-0.25, -0.2) is 9.78 Å². The van der Waals surface area contributed by atoms with Crippen LogP contribution in [0.1, 0.15) is 32.9 Å². The van der Waals surface area contributed by atoms with Crippen LogP contribution < -0.4 is 15.0 Å². The minimum absolute atomic E-state index is 0.208. The van der Waals surface area contributed by atoms with Crippen LogP contribution in [0.15, 0.2) is 95.5 Å². The summed E-state index contributed by atoms with van der Waals surface area (Å²) in [5.74, 6) is 0.663. The number of hydrogen-bond donors (Lipinski definition) is 2. The number of ether oxygens (including phenoxy) is 1. The van der Waals surface area contributed by atoms with E-state index in [0.29, 0.717) is 29.5 Å². The second-order valence-electron chi connectivity index (χ2n) is 10.2. The van der Waals surface area contributed by atoms with Crippen LogP contribution in [-0.2, 0) is 0 Å². The van der Waals surface area contributed by atoms with Crippen molar-refractivity contribution in [2.24, 2.45) is 5.92 Å². The molecule has 0 spiro atoms. The van der Waals surface area contributed by atoms with Gasteiger partial charge in [-0.15, -0.1) is 0 Å². The Morgan fingerprint density at radius 1 is 1.02 bits per heavy atom. The number of aryl methyl sites for hydroxylation is 1. The fourth-order valence-corrected chi connectivity index (χ4v) is 5.19. The van der Waals surface area contributed by atoms with Gasteiger partial charge in [-0.3, -0.25) is 4.79 Å².